The van der Waals surface area contributed by atoms with E-state index >= 15 is 0 Å². The van der Waals surface area contributed by atoms with E-state index in [-0.39, 0.29) is 11.7 Å². The number of carbonyl (C=O) groups excluding carboxylic acids is 1. The fraction of sp³-hybridized carbons (Fsp3) is 0.100. The van der Waals surface area contributed by atoms with Crippen LogP contribution in [-0.4, -0.2) is 31.4 Å². The third-order valence-electron chi connectivity index (χ3n) is 3.97. The van der Waals surface area contributed by atoms with Gasteiger partial charge < -0.3 is 9.73 Å². The predicted molar refractivity (Wildman–Crippen MR) is 115 cm³/mol. The number of anilines is 1. The van der Waals surface area contributed by atoms with E-state index in [2.05, 4.69) is 36.4 Å². The standard InChI is InChI=1S/C20H16BrN5O2S/c21-15-5-1-6-16(10-15)23-18(27)13-29-20-25-24-19(14-4-2-8-22-11-14)26(20)12-17-7-3-9-28-17/h1-11H,12-13H2,(H,23,27). The van der Waals surface area contributed by atoms with Gasteiger partial charge in [0.2, 0.25) is 5.91 Å². The fourth-order valence-corrected chi connectivity index (χ4v) is 3.84. The topological polar surface area (TPSA) is 85.8 Å². The Morgan fingerprint density at radius 2 is 2.10 bits per heavy atom. The Balaban J connectivity index is 1.52. The van der Waals surface area contributed by atoms with Crippen LogP contribution in [0, 0.1) is 0 Å². The molecule has 4 aromatic rings. The van der Waals surface area contributed by atoms with Crippen LogP contribution in [0.4, 0.5) is 5.69 Å². The van der Waals surface area contributed by atoms with Crippen LogP contribution in [0.1, 0.15) is 5.76 Å². The average molecular weight is 470 g/mol. The third-order valence-corrected chi connectivity index (χ3v) is 5.43. The molecule has 1 N–H and O–H groups in total. The molecule has 3 heterocycles. The molecule has 0 unspecified atom stereocenters. The minimum atomic E-state index is -0.122. The minimum Gasteiger partial charge on any atom is -0.467 e. The first-order valence-electron chi connectivity index (χ1n) is 8.73. The van der Waals surface area contributed by atoms with E-state index in [4.69, 9.17) is 4.42 Å². The molecule has 7 nitrogen and oxygen atoms in total. The molecular weight excluding hydrogens is 454 g/mol. The summed E-state index contributed by atoms with van der Waals surface area (Å²) in [7, 11) is 0. The first kappa shape index (κ1) is 19.4. The molecule has 0 fully saturated rings. The molecule has 9 heteroatoms. The maximum absolute atomic E-state index is 12.4. The summed E-state index contributed by atoms with van der Waals surface area (Å²) < 4.78 is 8.31. The summed E-state index contributed by atoms with van der Waals surface area (Å²) in [5.74, 6) is 1.53. The van der Waals surface area contributed by atoms with E-state index in [1.807, 2.05) is 53.1 Å². The van der Waals surface area contributed by atoms with E-state index in [1.165, 1.54) is 11.8 Å². The van der Waals surface area contributed by atoms with Crippen LogP contribution < -0.4 is 5.32 Å². The normalized spacial score (nSPS) is 10.8. The molecule has 0 saturated carbocycles. The van der Waals surface area contributed by atoms with Crippen LogP contribution in [0.5, 0.6) is 0 Å². The van der Waals surface area contributed by atoms with Crippen LogP contribution in [0.25, 0.3) is 11.4 Å². The van der Waals surface area contributed by atoms with Crippen LogP contribution in [0.15, 0.2) is 81.2 Å². The second kappa shape index (κ2) is 9.06. The highest BCUT2D eigenvalue weighted by Crippen LogP contribution is 2.25. The zero-order chi connectivity index (χ0) is 20.1. The third kappa shape index (κ3) is 4.93. The molecular formula is C20H16BrN5O2S. The van der Waals surface area contributed by atoms with Crippen molar-refractivity contribution in [3.8, 4) is 11.4 Å². The Bertz CT molecular complexity index is 1100. The van der Waals surface area contributed by atoms with Crippen LogP contribution in [0.3, 0.4) is 0 Å². The highest BCUT2D eigenvalue weighted by molar-refractivity contribution is 9.10. The molecule has 0 aliphatic carbocycles. The van der Waals surface area contributed by atoms with Gasteiger partial charge in [-0.05, 0) is 42.5 Å². The number of furan rings is 1. The smallest absolute Gasteiger partial charge is 0.234 e. The van der Waals surface area contributed by atoms with Gasteiger partial charge in [-0.2, -0.15) is 0 Å². The Hall–Kier alpha value is -2.91. The van der Waals surface area contributed by atoms with E-state index in [0.717, 1.165) is 21.5 Å². The molecule has 0 radical (unpaired) electrons. The van der Waals surface area contributed by atoms with Crippen molar-refractivity contribution >= 4 is 39.3 Å². The number of hydrogen-bond donors (Lipinski definition) is 1. The van der Waals surface area contributed by atoms with Gasteiger partial charge in [0.15, 0.2) is 11.0 Å². The molecule has 0 spiro atoms. The molecule has 0 saturated heterocycles. The summed E-state index contributed by atoms with van der Waals surface area (Å²) in [6.45, 7) is 0.458. The van der Waals surface area contributed by atoms with Crippen molar-refractivity contribution in [2.75, 3.05) is 11.1 Å². The van der Waals surface area contributed by atoms with Crippen molar-refractivity contribution in [1.82, 2.24) is 19.7 Å². The molecule has 0 atom stereocenters. The largest absolute Gasteiger partial charge is 0.467 e. The number of nitrogens with zero attached hydrogens (tertiary/aromatic N) is 4. The molecule has 3 aromatic heterocycles. The molecule has 1 aromatic carbocycles. The predicted octanol–water partition coefficient (Wildman–Crippen LogP) is 4.47. The van der Waals surface area contributed by atoms with Crippen molar-refractivity contribution in [2.24, 2.45) is 0 Å². The van der Waals surface area contributed by atoms with E-state index in [1.54, 1.807) is 18.7 Å². The highest BCUT2D eigenvalue weighted by atomic mass is 79.9. The molecule has 0 aliphatic rings. The molecule has 0 bridgehead atoms. The first-order valence-corrected chi connectivity index (χ1v) is 10.5. The second-order valence-corrected chi connectivity index (χ2v) is 7.92. The summed E-state index contributed by atoms with van der Waals surface area (Å²) in [6.07, 6.45) is 5.07. The maximum Gasteiger partial charge on any atom is 0.234 e. The second-order valence-electron chi connectivity index (χ2n) is 6.06. The quantitative estimate of drug-likeness (QED) is 0.401. The number of hydrogen-bond acceptors (Lipinski definition) is 6. The molecule has 0 aliphatic heterocycles. The number of rotatable bonds is 7. The lowest BCUT2D eigenvalue weighted by Crippen LogP contribution is -2.14. The Morgan fingerprint density at radius 3 is 2.86 bits per heavy atom. The number of amides is 1. The summed E-state index contributed by atoms with van der Waals surface area (Å²) in [4.78, 5) is 16.5. The van der Waals surface area contributed by atoms with Crippen LogP contribution in [0.2, 0.25) is 0 Å². The summed E-state index contributed by atoms with van der Waals surface area (Å²) in [5, 5.41) is 12.1. The highest BCUT2D eigenvalue weighted by Gasteiger charge is 2.17. The van der Waals surface area contributed by atoms with E-state index in [9.17, 15) is 4.79 Å². The Kier molecular flexibility index (Phi) is 6.06. The van der Waals surface area contributed by atoms with Gasteiger partial charge >= 0.3 is 0 Å². The number of nitrogens with one attached hydrogen (secondary N) is 1. The van der Waals surface area contributed by atoms with Gasteiger partial charge in [-0.15, -0.1) is 10.2 Å². The lowest BCUT2D eigenvalue weighted by Gasteiger charge is -2.09. The number of thioether (sulfide) groups is 1. The van der Waals surface area contributed by atoms with Crippen molar-refractivity contribution in [3.05, 3.63) is 77.4 Å². The fourth-order valence-electron chi connectivity index (χ4n) is 2.70. The van der Waals surface area contributed by atoms with Gasteiger partial charge in [0, 0.05) is 28.1 Å². The van der Waals surface area contributed by atoms with Crippen molar-refractivity contribution < 1.29 is 9.21 Å². The molecule has 146 valence electrons. The monoisotopic (exact) mass is 469 g/mol. The Morgan fingerprint density at radius 1 is 1.17 bits per heavy atom. The van der Waals surface area contributed by atoms with E-state index in [0.29, 0.717) is 17.5 Å². The van der Waals surface area contributed by atoms with Crippen LogP contribution in [-0.2, 0) is 11.3 Å². The SMILES string of the molecule is O=C(CSc1nnc(-c2cccnc2)n1Cc1ccco1)Nc1cccc(Br)c1. The zero-order valence-electron chi connectivity index (χ0n) is 15.2. The number of halogens is 1. The van der Waals surface area contributed by atoms with Crippen LogP contribution >= 0.6 is 27.7 Å². The zero-order valence-corrected chi connectivity index (χ0v) is 17.6. The number of aromatic nitrogens is 4. The van der Waals surface area contributed by atoms with Gasteiger partial charge in [-0.3, -0.25) is 14.3 Å². The maximum atomic E-state index is 12.4. The average Bonchev–Trinajstić information content (AvgIpc) is 3.38. The van der Waals surface area contributed by atoms with Crippen molar-refractivity contribution in [3.63, 3.8) is 0 Å². The summed E-state index contributed by atoms with van der Waals surface area (Å²) in [6, 6.07) is 15.0. The van der Waals surface area contributed by atoms with Gasteiger partial charge in [0.1, 0.15) is 5.76 Å². The molecule has 1 amide bonds. The summed E-state index contributed by atoms with van der Waals surface area (Å²) in [5.41, 5.74) is 1.58. The minimum absolute atomic E-state index is 0.122. The molecule has 4 rings (SSSR count). The number of pyridine rings is 1. The van der Waals surface area contributed by atoms with Crippen molar-refractivity contribution in [2.45, 2.75) is 11.7 Å². The molecule has 29 heavy (non-hydrogen) atoms. The van der Waals surface area contributed by atoms with E-state index < -0.39 is 0 Å². The number of carbonyl (C=O) groups is 1. The first-order chi connectivity index (χ1) is 14.2. The van der Waals surface area contributed by atoms with Crippen molar-refractivity contribution in [1.29, 1.82) is 0 Å². The lowest BCUT2D eigenvalue weighted by molar-refractivity contribution is -0.113. The Labute approximate surface area is 179 Å². The van der Waals surface area contributed by atoms with Gasteiger partial charge in [-0.25, -0.2) is 0 Å². The van der Waals surface area contributed by atoms with Gasteiger partial charge in [0.05, 0.1) is 18.6 Å². The number of benzene rings is 1. The lowest BCUT2D eigenvalue weighted by atomic mass is 10.2. The summed E-state index contributed by atoms with van der Waals surface area (Å²) >= 11 is 4.72. The van der Waals surface area contributed by atoms with Gasteiger partial charge in [0.25, 0.3) is 0 Å². The van der Waals surface area contributed by atoms with Gasteiger partial charge in [-0.1, -0.05) is 33.8 Å².